The standard InChI is InChI=1S/C14H14F4N2S/c1-7(2)12-11(21-13(19)20-12)6-8-5-9(14(16,17)18)3-4-10(8)15/h3-5,7H,6H2,1-2H3,(H2,19,20). The van der Waals surface area contributed by atoms with Gasteiger partial charge in [-0.3, -0.25) is 0 Å². The highest BCUT2D eigenvalue weighted by molar-refractivity contribution is 7.15. The fourth-order valence-corrected chi connectivity index (χ4v) is 3.03. The molecule has 2 nitrogen and oxygen atoms in total. The van der Waals surface area contributed by atoms with Gasteiger partial charge in [0.1, 0.15) is 5.82 Å². The summed E-state index contributed by atoms with van der Waals surface area (Å²) in [5.74, 6) is -0.591. The monoisotopic (exact) mass is 318 g/mol. The van der Waals surface area contributed by atoms with Gasteiger partial charge in [0, 0.05) is 11.3 Å². The third-order valence-electron chi connectivity index (χ3n) is 3.02. The Balaban J connectivity index is 2.40. The molecule has 0 saturated heterocycles. The van der Waals surface area contributed by atoms with Gasteiger partial charge >= 0.3 is 6.18 Å². The van der Waals surface area contributed by atoms with Crippen molar-refractivity contribution in [3.05, 3.63) is 45.7 Å². The van der Waals surface area contributed by atoms with Crippen LogP contribution in [-0.2, 0) is 12.6 Å². The number of aromatic nitrogens is 1. The Morgan fingerprint density at radius 2 is 1.95 bits per heavy atom. The minimum atomic E-state index is -4.49. The molecular formula is C14H14F4N2S. The number of anilines is 1. The molecule has 1 aromatic carbocycles. The average molecular weight is 318 g/mol. The molecule has 0 bridgehead atoms. The molecule has 0 unspecified atom stereocenters. The lowest BCUT2D eigenvalue weighted by molar-refractivity contribution is -0.137. The number of nitrogens with zero attached hydrogens (tertiary/aromatic N) is 1. The molecule has 0 amide bonds. The van der Waals surface area contributed by atoms with E-state index in [2.05, 4.69) is 4.98 Å². The van der Waals surface area contributed by atoms with Gasteiger partial charge in [0.05, 0.1) is 11.3 Å². The number of rotatable bonds is 3. The quantitative estimate of drug-likeness (QED) is 0.840. The molecule has 2 rings (SSSR count). The summed E-state index contributed by atoms with van der Waals surface area (Å²) in [6, 6.07) is 2.43. The first-order chi connectivity index (χ1) is 9.68. The fourth-order valence-electron chi connectivity index (χ4n) is 2.02. The Bertz CT molecular complexity index is 647. The predicted molar refractivity (Wildman–Crippen MR) is 74.8 cm³/mol. The molecule has 1 aromatic heterocycles. The molecule has 1 heterocycles. The second kappa shape index (κ2) is 5.63. The van der Waals surface area contributed by atoms with E-state index >= 15 is 0 Å². The van der Waals surface area contributed by atoms with Gasteiger partial charge in [-0.1, -0.05) is 13.8 Å². The van der Waals surface area contributed by atoms with Gasteiger partial charge in [-0.05, 0) is 29.7 Å². The van der Waals surface area contributed by atoms with E-state index in [-0.39, 0.29) is 17.9 Å². The van der Waals surface area contributed by atoms with Crippen molar-refractivity contribution in [3.63, 3.8) is 0 Å². The third-order valence-corrected chi connectivity index (χ3v) is 3.92. The van der Waals surface area contributed by atoms with Crippen LogP contribution >= 0.6 is 11.3 Å². The first kappa shape index (κ1) is 15.8. The van der Waals surface area contributed by atoms with Crippen molar-refractivity contribution in [3.8, 4) is 0 Å². The van der Waals surface area contributed by atoms with Crippen molar-refractivity contribution in [2.24, 2.45) is 0 Å². The van der Waals surface area contributed by atoms with Crippen molar-refractivity contribution in [2.45, 2.75) is 32.4 Å². The Hall–Kier alpha value is -1.63. The van der Waals surface area contributed by atoms with Crippen LogP contribution in [0.25, 0.3) is 0 Å². The number of nitrogens with two attached hydrogens (primary N) is 1. The molecule has 7 heteroatoms. The maximum Gasteiger partial charge on any atom is 0.416 e. The molecule has 0 fully saturated rings. The summed E-state index contributed by atoms with van der Waals surface area (Å²) >= 11 is 1.18. The lowest BCUT2D eigenvalue weighted by atomic mass is 10.0. The van der Waals surface area contributed by atoms with Crippen LogP contribution < -0.4 is 5.73 Å². The predicted octanol–water partition coefficient (Wildman–Crippen LogP) is 4.60. The number of hydrogen-bond acceptors (Lipinski definition) is 3. The largest absolute Gasteiger partial charge is 0.416 e. The molecular weight excluding hydrogens is 304 g/mol. The van der Waals surface area contributed by atoms with Gasteiger partial charge in [-0.25, -0.2) is 9.37 Å². The maximum atomic E-state index is 13.8. The Morgan fingerprint density at radius 1 is 1.29 bits per heavy atom. The minimum Gasteiger partial charge on any atom is -0.375 e. The van der Waals surface area contributed by atoms with Crippen molar-refractivity contribution in [1.29, 1.82) is 0 Å². The van der Waals surface area contributed by atoms with E-state index in [1.54, 1.807) is 0 Å². The van der Waals surface area contributed by atoms with Crippen LogP contribution in [-0.4, -0.2) is 4.98 Å². The number of hydrogen-bond donors (Lipinski definition) is 1. The van der Waals surface area contributed by atoms with E-state index in [4.69, 9.17) is 5.73 Å². The van der Waals surface area contributed by atoms with E-state index in [1.807, 2.05) is 13.8 Å². The highest BCUT2D eigenvalue weighted by Gasteiger charge is 2.31. The summed E-state index contributed by atoms with van der Waals surface area (Å²) in [6.07, 6.45) is -4.44. The number of thiazole rings is 1. The third kappa shape index (κ3) is 3.53. The molecule has 0 atom stereocenters. The van der Waals surface area contributed by atoms with Gasteiger partial charge in [0.15, 0.2) is 5.13 Å². The summed E-state index contributed by atoms with van der Waals surface area (Å²) in [4.78, 5) is 4.85. The Morgan fingerprint density at radius 3 is 2.52 bits per heavy atom. The van der Waals surface area contributed by atoms with E-state index in [0.717, 1.165) is 18.2 Å². The Labute approximate surface area is 123 Å². The summed E-state index contributed by atoms with van der Waals surface area (Å²) < 4.78 is 51.9. The van der Waals surface area contributed by atoms with E-state index in [9.17, 15) is 17.6 Å². The lowest BCUT2D eigenvalue weighted by Crippen LogP contribution is -2.07. The van der Waals surface area contributed by atoms with Crippen LogP contribution in [0.2, 0.25) is 0 Å². The molecule has 2 N–H and O–H groups in total. The minimum absolute atomic E-state index is 0.00428. The average Bonchev–Trinajstić information content (AvgIpc) is 2.72. The summed E-state index contributed by atoms with van der Waals surface area (Å²) in [5.41, 5.74) is 5.48. The molecule has 0 radical (unpaired) electrons. The molecule has 21 heavy (non-hydrogen) atoms. The van der Waals surface area contributed by atoms with Crippen LogP contribution in [0.5, 0.6) is 0 Å². The summed E-state index contributed by atoms with van der Waals surface area (Å²) in [5, 5.41) is 0.334. The number of nitrogen functional groups attached to an aromatic ring is 1. The van der Waals surface area contributed by atoms with Crippen LogP contribution in [0.1, 0.15) is 41.5 Å². The zero-order valence-corrected chi connectivity index (χ0v) is 12.3. The summed E-state index contributed by atoms with van der Waals surface area (Å²) in [6.45, 7) is 3.81. The second-order valence-electron chi connectivity index (χ2n) is 5.00. The van der Waals surface area contributed by atoms with Crippen molar-refractivity contribution >= 4 is 16.5 Å². The highest BCUT2D eigenvalue weighted by Crippen LogP contribution is 2.33. The van der Waals surface area contributed by atoms with Gasteiger partial charge in [0.2, 0.25) is 0 Å². The van der Waals surface area contributed by atoms with Crippen LogP contribution in [0.15, 0.2) is 18.2 Å². The van der Waals surface area contributed by atoms with Crippen LogP contribution in [0.3, 0.4) is 0 Å². The van der Waals surface area contributed by atoms with E-state index < -0.39 is 17.6 Å². The normalized spacial score (nSPS) is 12.1. The van der Waals surface area contributed by atoms with Crippen LogP contribution in [0.4, 0.5) is 22.7 Å². The van der Waals surface area contributed by atoms with Gasteiger partial charge in [-0.2, -0.15) is 13.2 Å². The van der Waals surface area contributed by atoms with Gasteiger partial charge < -0.3 is 5.73 Å². The van der Waals surface area contributed by atoms with Crippen molar-refractivity contribution in [1.82, 2.24) is 4.98 Å². The van der Waals surface area contributed by atoms with Gasteiger partial charge in [0.25, 0.3) is 0 Å². The van der Waals surface area contributed by atoms with Crippen molar-refractivity contribution in [2.75, 3.05) is 5.73 Å². The molecule has 0 aliphatic rings. The smallest absolute Gasteiger partial charge is 0.375 e. The molecule has 2 aromatic rings. The molecule has 0 saturated carbocycles. The van der Waals surface area contributed by atoms with Crippen molar-refractivity contribution < 1.29 is 17.6 Å². The lowest BCUT2D eigenvalue weighted by Gasteiger charge is -2.10. The first-order valence-corrected chi connectivity index (χ1v) is 7.11. The molecule has 114 valence electrons. The SMILES string of the molecule is CC(C)c1nc(N)sc1Cc1cc(C(F)(F)F)ccc1F. The highest BCUT2D eigenvalue weighted by atomic mass is 32.1. The topological polar surface area (TPSA) is 38.9 Å². The number of alkyl halides is 3. The van der Waals surface area contributed by atoms with Crippen LogP contribution in [0, 0.1) is 5.82 Å². The first-order valence-electron chi connectivity index (χ1n) is 6.29. The summed E-state index contributed by atoms with van der Waals surface area (Å²) in [7, 11) is 0. The zero-order valence-electron chi connectivity index (χ0n) is 11.5. The van der Waals surface area contributed by atoms with Gasteiger partial charge in [-0.15, -0.1) is 11.3 Å². The number of halogens is 4. The van der Waals surface area contributed by atoms with E-state index in [1.165, 1.54) is 11.3 Å². The zero-order chi connectivity index (χ0) is 15.8. The fraction of sp³-hybridized carbons (Fsp3) is 0.357. The number of benzene rings is 1. The Kier molecular flexibility index (Phi) is 4.22. The molecule has 0 aliphatic heterocycles. The second-order valence-corrected chi connectivity index (χ2v) is 6.11. The molecule has 0 spiro atoms. The molecule has 0 aliphatic carbocycles. The van der Waals surface area contributed by atoms with E-state index in [0.29, 0.717) is 15.7 Å². The maximum absolute atomic E-state index is 13.8.